The second-order valence-corrected chi connectivity index (χ2v) is 7.91. The van der Waals surface area contributed by atoms with E-state index >= 15 is 0 Å². The maximum Gasteiger partial charge on any atom is 0.306 e. The van der Waals surface area contributed by atoms with Gasteiger partial charge in [-0.3, -0.25) is 4.79 Å². The fourth-order valence-corrected chi connectivity index (χ4v) is 3.76. The number of hydrogen-bond donors (Lipinski definition) is 0. The quantitative estimate of drug-likeness (QED) is 0.370. The van der Waals surface area contributed by atoms with E-state index in [0.717, 1.165) is 18.6 Å². The Bertz CT molecular complexity index is 333. The zero-order chi connectivity index (χ0) is 15.0. The van der Waals surface area contributed by atoms with E-state index in [0.29, 0.717) is 17.8 Å². The molecule has 0 saturated heterocycles. The lowest BCUT2D eigenvalue weighted by Crippen LogP contribution is -2.25. The lowest BCUT2D eigenvalue weighted by atomic mass is 9.84. The molecule has 0 aromatic carbocycles. The molecule has 1 aliphatic carbocycles. The van der Waals surface area contributed by atoms with Crippen molar-refractivity contribution in [3.05, 3.63) is 11.1 Å². The van der Waals surface area contributed by atoms with E-state index in [2.05, 4.69) is 27.7 Å². The molecule has 0 spiro atoms. The van der Waals surface area contributed by atoms with Gasteiger partial charge in [0.05, 0.1) is 13.0 Å². The average Bonchev–Trinajstić information content (AvgIpc) is 2.39. The van der Waals surface area contributed by atoms with Crippen molar-refractivity contribution in [1.82, 2.24) is 0 Å². The predicted octanol–water partition coefficient (Wildman–Crippen LogP) is 5.12. The number of esters is 1. The number of unbranched alkanes of at least 4 members (excludes halogenated alkanes) is 1. The molecule has 116 valence electrons. The molecule has 0 bridgehead atoms. The summed E-state index contributed by atoms with van der Waals surface area (Å²) in [5.74, 6) is 0.862. The number of carbonyl (C=O) groups excluding carboxylic acids is 1. The zero-order valence-corrected chi connectivity index (χ0v) is 14.4. The van der Waals surface area contributed by atoms with Crippen molar-refractivity contribution >= 4 is 17.7 Å². The topological polar surface area (TPSA) is 26.3 Å². The Kier molecular flexibility index (Phi) is 7.71. The van der Waals surface area contributed by atoms with Crippen LogP contribution in [0, 0.1) is 0 Å². The van der Waals surface area contributed by atoms with Gasteiger partial charge in [0, 0.05) is 10.5 Å². The molecule has 0 amide bonds. The molecule has 0 aromatic heterocycles. The van der Waals surface area contributed by atoms with Gasteiger partial charge in [0.1, 0.15) is 0 Å². The first-order chi connectivity index (χ1) is 9.47. The molecule has 20 heavy (non-hydrogen) atoms. The molecule has 3 heteroatoms. The molecular weight excluding hydrogens is 268 g/mol. The number of carbonyl (C=O) groups is 1. The van der Waals surface area contributed by atoms with Crippen LogP contribution in [-0.4, -0.2) is 23.1 Å². The van der Waals surface area contributed by atoms with Gasteiger partial charge in [-0.05, 0) is 46.0 Å². The van der Waals surface area contributed by atoms with Crippen LogP contribution in [0.5, 0.6) is 0 Å². The van der Waals surface area contributed by atoms with Crippen LogP contribution in [-0.2, 0) is 9.53 Å². The molecule has 1 aliphatic rings. The first kappa shape index (κ1) is 17.6. The van der Waals surface area contributed by atoms with Crippen LogP contribution in [0.3, 0.4) is 0 Å². The Hall–Kier alpha value is -0.440. The smallest absolute Gasteiger partial charge is 0.306 e. The van der Waals surface area contributed by atoms with Gasteiger partial charge in [0.15, 0.2) is 0 Å². The summed E-state index contributed by atoms with van der Waals surface area (Å²) in [4.78, 5) is 11.6. The van der Waals surface area contributed by atoms with E-state index in [-0.39, 0.29) is 5.97 Å². The van der Waals surface area contributed by atoms with Crippen molar-refractivity contribution in [2.75, 3.05) is 12.4 Å². The van der Waals surface area contributed by atoms with Gasteiger partial charge in [0.25, 0.3) is 0 Å². The molecule has 1 saturated carbocycles. The molecule has 0 aromatic rings. The number of rotatable bonds is 7. The highest BCUT2D eigenvalue weighted by Gasteiger charge is 2.29. The minimum Gasteiger partial charge on any atom is -0.466 e. The first-order valence-corrected chi connectivity index (χ1v) is 8.90. The van der Waals surface area contributed by atoms with Gasteiger partial charge in [-0.2, -0.15) is 11.8 Å². The van der Waals surface area contributed by atoms with Crippen LogP contribution in [0.25, 0.3) is 0 Å². The fraction of sp³-hybridized carbons (Fsp3) is 0.824. The van der Waals surface area contributed by atoms with Crippen molar-refractivity contribution < 1.29 is 9.53 Å². The van der Waals surface area contributed by atoms with E-state index in [4.69, 9.17) is 4.74 Å². The molecule has 0 atom stereocenters. The Balaban J connectivity index is 2.22. The highest BCUT2D eigenvalue weighted by Crippen LogP contribution is 2.42. The van der Waals surface area contributed by atoms with E-state index < -0.39 is 0 Å². The van der Waals surface area contributed by atoms with Crippen molar-refractivity contribution in [1.29, 1.82) is 0 Å². The zero-order valence-electron chi connectivity index (χ0n) is 13.6. The second kappa shape index (κ2) is 8.76. The molecule has 0 unspecified atom stereocenters. The molecule has 2 nitrogen and oxygen atoms in total. The summed E-state index contributed by atoms with van der Waals surface area (Å²) in [7, 11) is 0. The van der Waals surface area contributed by atoms with Crippen LogP contribution in [0.1, 0.15) is 72.6 Å². The summed E-state index contributed by atoms with van der Waals surface area (Å²) >= 11 is 1.96. The third-order valence-corrected chi connectivity index (χ3v) is 5.65. The normalized spacial score (nSPS) is 22.7. The number of hydrogen-bond acceptors (Lipinski definition) is 3. The minimum absolute atomic E-state index is 0.0321. The van der Waals surface area contributed by atoms with Gasteiger partial charge in [-0.15, -0.1) is 0 Å². The Morgan fingerprint density at radius 3 is 2.50 bits per heavy atom. The summed E-state index contributed by atoms with van der Waals surface area (Å²) in [5.41, 5.74) is 3.14. The van der Waals surface area contributed by atoms with Crippen molar-refractivity contribution in [3.63, 3.8) is 0 Å². The van der Waals surface area contributed by atoms with Crippen LogP contribution in [0.15, 0.2) is 11.1 Å². The summed E-state index contributed by atoms with van der Waals surface area (Å²) in [6, 6.07) is 0. The van der Waals surface area contributed by atoms with E-state index in [1.165, 1.54) is 31.3 Å². The lowest BCUT2D eigenvalue weighted by molar-refractivity contribution is -0.143. The van der Waals surface area contributed by atoms with Crippen molar-refractivity contribution in [3.8, 4) is 0 Å². The van der Waals surface area contributed by atoms with Gasteiger partial charge >= 0.3 is 5.97 Å². The molecule has 0 N–H and O–H groups in total. The molecule has 1 rings (SSSR count). The second-order valence-electron chi connectivity index (χ2n) is 6.23. The summed E-state index contributed by atoms with van der Waals surface area (Å²) in [6.07, 6.45) is 7.54. The minimum atomic E-state index is -0.0321. The Morgan fingerprint density at radius 1 is 1.30 bits per heavy atom. The van der Waals surface area contributed by atoms with Gasteiger partial charge in [-0.1, -0.05) is 31.4 Å². The molecule has 0 aliphatic heterocycles. The Morgan fingerprint density at radius 2 is 1.95 bits per heavy atom. The monoisotopic (exact) mass is 298 g/mol. The third kappa shape index (κ3) is 6.34. The summed E-state index contributed by atoms with van der Waals surface area (Å²) in [6.45, 7) is 9.48. The maximum atomic E-state index is 11.6. The molecule has 0 radical (unpaired) electrons. The molecule has 0 heterocycles. The largest absolute Gasteiger partial charge is 0.466 e. The number of thioether (sulfide) groups is 1. The van der Waals surface area contributed by atoms with E-state index in [1.807, 2.05) is 11.8 Å². The van der Waals surface area contributed by atoms with Gasteiger partial charge in [0.2, 0.25) is 0 Å². The highest BCUT2D eigenvalue weighted by molar-refractivity contribution is 8.00. The van der Waals surface area contributed by atoms with Crippen molar-refractivity contribution in [2.45, 2.75) is 77.4 Å². The SMILES string of the molecule is CCCCOC(=O)CCSC1(C)CCC(=C(C)C)CC1. The van der Waals surface area contributed by atoms with Crippen LogP contribution in [0.4, 0.5) is 0 Å². The summed E-state index contributed by atoms with van der Waals surface area (Å²) < 4.78 is 5.54. The predicted molar refractivity (Wildman–Crippen MR) is 88.2 cm³/mol. The lowest BCUT2D eigenvalue weighted by Gasteiger charge is -2.34. The van der Waals surface area contributed by atoms with E-state index in [1.54, 1.807) is 5.57 Å². The maximum absolute atomic E-state index is 11.6. The highest BCUT2D eigenvalue weighted by atomic mass is 32.2. The first-order valence-electron chi connectivity index (χ1n) is 7.91. The fourth-order valence-electron chi connectivity index (χ4n) is 2.51. The van der Waals surface area contributed by atoms with Crippen LogP contribution < -0.4 is 0 Å². The van der Waals surface area contributed by atoms with Gasteiger partial charge < -0.3 is 4.74 Å². The number of allylic oxidation sites excluding steroid dienone is 2. The van der Waals surface area contributed by atoms with E-state index in [9.17, 15) is 4.79 Å². The third-order valence-electron chi connectivity index (χ3n) is 4.14. The Labute approximate surface area is 128 Å². The standard InChI is InChI=1S/C17H30O2S/c1-5-6-12-19-16(18)9-13-20-17(4)10-7-15(8-11-17)14(2)3/h5-13H2,1-4H3. The number of ether oxygens (including phenoxy) is 1. The van der Waals surface area contributed by atoms with Gasteiger partial charge in [-0.25, -0.2) is 0 Å². The molecule has 1 fully saturated rings. The van der Waals surface area contributed by atoms with Crippen LogP contribution >= 0.6 is 11.8 Å². The van der Waals surface area contributed by atoms with Crippen molar-refractivity contribution in [2.24, 2.45) is 0 Å². The molecular formula is C17H30O2S. The average molecular weight is 298 g/mol. The summed E-state index contributed by atoms with van der Waals surface area (Å²) in [5, 5.41) is 0. The van der Waals surface area contributed by atoms with Crippen LogP contribution in [0.2, 0.25) is 0 Å².